The number of rotatable bonds is 5. The minimum absolute atomic E-state index is 0.155. The van der Waals surface area contributed by atoms with Gasteiger partial charge >= 0.3 is 6.09 Å². The lowest BCUT2D eigenvalue weighted by Crippen LogP contribution is -2.46. The summed E-state index contributed by atoms with van der Waals surface area (Å²) in [4.78, 5) is 12.8. The molecule has 1 aliphatic carbocycles. The van der Waals surface area contributed by atoms with Gasteiger partial charge in [-0.3, -0.25) is 5.43 Å². The Morgan fingerprint density at radius 2 is 1.81 bits per heavy atom. The van der Waals surface area contributed by atoms with E-state index in [1.54, 1.807) is 12.1 Å². The molecular formula is C27H29Cl3N4O2. The SMILES string of the molecule is O=C(NN1CCCCC1)Oc1nn(-c2ccc(Cl)cc2Cl)c2c1CCCCC2Cc1cccc(Cl)c1. The standard InChI is InChI=1S/C27H29Cl3N4O2/c28-20-9-6-7-18(16-20)15-19-8-2-3-10-22-25(19)34(24-12-11-21(29)17-23(24)30)31-26(22)36-27(35)32-33-13-4-1-5-14-33/h6-7,9,11-12,16-17,19H,1-5,8,10,13-15H2,(H,32,35). The third-order valence-electron chi connectivity index (χ3n) is 6.91. The highest BCUT2D eigenvalue weighted by Gasteiger charge is 2.31. The van der Waals surface area contributed by atoms with Crippen LogP contribution in [0.5, 0.6) is 5.88 Å². The van der Waals surface area contributed by atoms with E-state index in [9.17, 15) is 4.79 Å². The van der Waals surface area contributed by atoms with Gasteiger partial charge < -0.3 is 4.74 Å². The lowest BCUT2D eigenvalue weighted by atomic mass is 9.91. The number of nitrogens with zero attached hydrogens (tertiary/aromatic N) is 3. The zero-order valence-corrected chi connectivity index (χ0v) is 22.2. The molecule has 1 aromatic heterocycles. The molecule has 0 saturated carbocycles. The van der Waals surface area contributed by atoms with Crippen LogP contribution >= 0.6 is 34.8 Å². The fraction of sp³-hybridized carbons (Fsp3) is 0.407. The third-order valence-corrected chi connectivity index (χ3v) is 7.68. The summed E-state index contributed by atoms with van der Waals surface area (Å²) in [5.41, 5.74) is 6.73. The molecular weight excluding hydrogens is 519 g/mol. The summed E-state index contributed by atoms with van der Waals surface area (Å²) in [5, 5.41) is 8.47. The summed E-state index contributed by atoms with van der Waals surface area (Å²) in [6.07, 6.45) is 7.40. The number of hydrazine groups is 1. The first-order chi connectivity index (χ1) is 17.5. The van der Waals surface area contributed by atoms with Crippen LogP contribution in [0.25, 0.3) is 5.69 Å². The van der Waals surface area contributed by atoms with Crippen LogP contribution in [-0.2, 0) is 12.8 Å². The molecule has 1 saturated heterocycles. The largest absolute Gasteiger partial charge is 0.428 e. The fourth-order valence-corrected chi connectivity index (χ4v) is 5.94. The maximum atomic E-state index is 12.8. The van der Waals surface area contributed by atoms with Gasteiger partial charge in [0.1, 0.15) is 0 Å². The van der Waals surface area contributed by atoms with E-state index in [1.165, 1.54) is 6.42 Å². The van der Waals surface area contributed by atoms with Crippen molar-refractivity contribution < 1.29 is 9.53 Å². The van der Waals surface area contributed by atoms with Gasteiger partial charge in [-0.15, -0.1) is 5.10 Å². The number of fused-ring (bicyclic) bond motifs is 1. The highest BCUT2D eigenvalue weighted by Crippen LogP contribution is 2.40. The molecule has 1 atom stereocenters. The first-order valence-corrected chi connectivity index (χ1v) is 13.7. The van der Waals surface area contributed by atoms with Gasteiger partial charge in [0, 0.05) is 34.6 Å². The molecule has 1 amide bonds. The number of nitrogens with one attached hydrogen (secondary N) is 1. The number of piperidine rings is 1. The van der Waals surface area contributed by atoms with Gasteiger partial charge in [-0.1, -0.05) is 59.8 Å². The number of hydrogen-bond acceptors (Lipinski definition) is 4. The second kappa shape index (κ2) is 11.4. The molecule has 1 unspecified atom stereocenters. The molecule has 2 aromatic carbocycles. The molecule has 5 rings (SSSR count). The van der Waals surface area contributed by atoms with Crippen molar-refractivity contribution in [3.8, 4) is 11.6 Å². The van der Waals surface area contributed by atoms with Crippen LogP contribution in [0.2, 0.25) is 15.1 Å². The smallest absolute Gasteiger partial charge is 0.388 e. The van der Waals surface area contributed by atoms with Crippen molar-refractivity contribution in [2.75, 3.05) is 13.1 Å². The van der Waals surface area contributed by atoms with E-state index in [1.807, 2.05) is 34.0 Å². The molecule has 3 aromatic rings. The average Bonchev–Trinajstić information content (AvgIpc) is 3.05. The number of halogens is 3. The summed E-state index contributed by atoms with van der Waals surface area (Å²) in [6, 6.07) is 13.3. The average molecular weight is 548 g/mol. The molecule has 2 aliphatic rings. The molecule has 0 bridgehead atoms. The normalized spacial score (nSPS) is 18.4. The summed E-state index contributed by atoms with van der Waals surface area (Å²) in [6.45, 7) is 1.65. The minimum atomic E-state index is -0.512. The maximum absolute atomic E-state index is 12.8. The van der Waals surface area contributed by atoms with E-state index in [-0.39, 0.29) is 5.92 Å². The quantitative estimate of drug-likeness (QED) is 0.339. The van der Waals surface area contributed by atoms with Gasteiger partial charge in [-0.2, -0.15) is 0 Å². The zero-order valence-electron chi connectivity index (χ0n) is 20.0. The fourth-order valence-electron chi connectivity index (χ4n) is 5.24. The van der Waals surface area contributed by atoms with Crippen molar-refractivity contribution in [3.05, 3.63) is 74.4 Å². The second-order valence-electron chi connectivity index (χ2n) is 9.50. The molecule has 0 spiro atoms. The van der Waals surface area contributed by atoms with Crippen molar-refractivity contribution in [2.24, 2.45) is 0 Å². The van der Waals surface area contributed by atoms with E-state index >= 15 is 0 Å². The van der Waals surface area contributed by atoms with Gasteiger partial charge in [0.15, 0.2) is 0 Å². The third kappa shape index (κ3) is 5.83. The van der Waals surface area contributed by atoms with E-state index in [0.717, 1.165) is 74.9 Å². The summed E-state index contributed by atoms with van der Waals surface area (Å²) in [5.74, 6) is 0.492. The van der Waals surface area contributed by atoms with Crippen LogP contribution < -0.4 is 10.2 Å². The van der Waals surface area contributed by atoms with E-state index in [4.69, 9.17) is 44.6 Å². The Morgan fingerprint density at radius 3 is 2.58 bits per heavy atom. The maximum Gasteiger partial charge on any atom is 0.428 e. The Labute approximate surface area is 226 Å². The van der Waals surface area contributed by atoms with Crippen LogP contribution in [0, 0.1) is 0 Å². The van der Waals surface area contributed by atoms with Crippen molar-refractivity contribution in [2.45, 2.75) is 57.3 Å². The lowest BCUT2D eigenvalue weighted by Gasteiger charge is -2.26. The summed E-state index contributed by atoms with van der Waals surface area (Å²) >= 11 is 19.1. The van der Waals surface area contributed by atoms with Crippen molar-refractivity contribution >= 4 is 40.9 Å². The zero-order chi connectivity index (χ0) is 25.1. The van der Waals surface area contributed by atoms with Gasteiger partial charge in [-0.05, 0) is 74.4 Å². The predicted molar refractivity (Wildman–Crippen MR) is 144 cm³/mol. The number of carbonyl (C=O) groups excluding carboxylic acids is 1. The summed E-state index contributed by atoms with van der Waals surface area (Å²) < 4.78 is 7.69. The van der Waals surface area contributed by atoms with E-state index < -0.39 is 6.09 Å². The molecule has 1 N–H and O–H groups in total. The molecule has 2 heterocycles. The van der Waals surface area contributed by atoms with Gasteiger partial charge in [-0.25, -0.2) is 14.5 Å². The summed E-state index contributed by atoms with van der Waals surface area (Å²) in [7, 11) is 0. The number of ether oxygens (including phenoxy) is 1. The van der Waals surface area contributed by atoms with Crippen LogP contribution in [0.3, 0.4) is 0 Å². The lowest BCUT2D eigenvalue weighted by molar-refractivity contribution is 0.127. The topological polar surface area (TPSA) is 59.4 Å². The Balaban J connectivity index is 1.53. The van der Waals surface area contributed by atoms with Crippen molar-refractivity contribution in [3.63, 3.8) is 0 Å². The minimum Gasteiger partial charge on any atom is -0.388 e. The Bertz CT molecular complexity index is 1240. The Hall–Kier alpha value is -2.25. The van der Waals surface area contributed by atoms with Gasteiger partial charge in [0.05, 0.1) is 16.4 Å². The first-order valence-electron chi connectivity index (χ1n) is 12.5. The highest BCUT2D eigenvalue weighted by molar-refractivity contribution is 6.35. The molecule has 190 valence electrons. The number of aromatic nitrogens is 2. The monoisotopic (exact) mass is 546 g/mol. The Morgan fingerprint density at radius 1 is 1.00 bits per heavy atom. The van der Waals surface area contributed by atoms with Crippen molar-refractivity contribution in [1.82, 2.24) is 20.2 Å². The molecule has 1 fully saturated rings. The van der Waals surface area contributed by atoms with Gasteiger partial charge in [0.2, 0.25) is 5.88 Å². The number of amides is 1. The van der Waals surface area contributed by atoms with Crippen molar-refractivity contribution in [1.29, 1.82) is 0 Å². The highest BCUT2D eigenvalue weighted by atomic mass is 35.5. The molecule has 6 nitrogen and oxygen atoms in total. The number of carbonyl (C=O) groups is 1. The van der Waals surface area contributed by atoms with Gasteiger partial charge in [0.25, 0.3) is 0 Å². The van der Waals surface area contributed by atoms with E-state index in [2.05, 4.69) is 11.5 Å². The Kier molecular flexibility index (Phi) is 8.06. The number of benzene rings is 2. The molecule has 9 heteroatoms. The molecule has 0 radical (unpaired) electrons. The van der Waals surface area contributed by atoms with Crippen LogP contribution in [-0.4, -0.2) is 34.0 Å². The van der Waals surface area contributed by atoms with Crippen LogP contribution in [0.1, 0.15) is 61.3 Å². The predicted octanol–water partition coefficient (Wildman–Crippen LogP) is 7.37. The first kappa shape index (κ1) is 25.4. The molecule has 1 aliphatic heterocycles. The van der Waals surface area contributed by atoms with Crippen LogP contribution in [0.15, 0.2) is 42.5 Å². The molecule has 36 heavy (non-hydrogen) atoms. The second-order valence-corrected chi connectivity index (χ2v) is 10.8. The number of hydrogen-bond donors (Lipinski definition) is 1. The van der Waals surface area contributed by atoms with Crippen LogP contribution in [0.4, 0.5) is 4.79 Å². The van der Waals surface area contributed by atoms with E-state index in [0.29, 0.717) is 26.6 Å².